The Hall–Kier alpha value is -0.160. The van der Waals surface area contributed by atoms with Gasteiger partial charge in [0.25, 0.3) is 0 Å². The quantitative estimate of drug-likeness (QED) is 0.612. The summed E-state index contributed by atoms with van der Waals surface area (Å²) in [6.07, 6.45) is -0.339. The van der Waals surface area contributed by atoms with Gasteiger partial charge in [-0.25, -0.2) is 0 Å². The number of methoxy groups -OCH3 is 1. The molecular weight excluding hydrogens is 172 g/mol. The van der Waals surface area contributed by atoms with Gasteiger partial charge in [-0.2, -0.15) is 0 Å². The van der Waals surface area contributed by atoms with Crippen LogP contribution in [0.1, 0.15) is 20.8 Å². The van der Waals surface area contributed by atoms with Crippen molar-refractivity contribution in [3.8, 4) is 0 Å². The van der Waals surface area contributed by atoms with E-state index in [1.807, 2.05) is 20.8 Å². The molecule has 0 amide bonds. The van der Waals surface area contributed by atoms with E-state index in [0.717, 1.165) is 0 Å². The molecular formula is C9H16O4. The molecule has 2 fully saturated rings. The zero-order valence-electron chi connectivity index (χ0n) is 8.44. The van der Waals surface area contributed by atoms with Crippen LogP contribution >= 0.6 is 0 Å². The zero-order valence-corrected chi connectivity index (χ0v) is 8.44. The Labute approximate surface area is 78.1 Å². The summed E-state index contributed by atoms with van der Waals surface area (Å²) in [6, 6.07) is 0. The van der Waals surface area contributed by atoms with E-state index in [1.165, 1.54) is 0 Å². The van der Waals surface area contributed by atoms with E-state index in [-0.39, 0.29) is 24.6 Å². The maximum Gasteiger partial charge on any atom is 0.186 e. The first kappa shape index (κ1) is 9.40. The van der Waals surface area contributed by atoms with Crippen molar-refractivity contribution in [3.05, 3.63) is 0 Å². The molecule has 76 valence electrons. The smallest absolute Gasteiger partial charge is 0.186 e. The van der Waals surface area contributed by atoms with Gasteiger partial charge in [0.15, 0.2) is 12.1 Å². The zero-order chi connectivity index (χ0) is 9.64. The summed E-state index contributed by atoms with van der Waals surface area (Å²) in [7, 11) is 1.62. The lowest BCUT2D eigenvalue weighted by molar-refractivity contribution is -0.224. The van der Waals surface area contributed by atoms with Crippen LogP contribution in [-0.4, -0.2) is 37.5 Å². The molecule has 2 rings (SSSR count). The van der Waals surface area contributed by atoms with Crippen LogP contribution in [0, 0.1) is 0 Å². The lowest BCUT2D eigenvalue weighted by atomic mass is 10.2. The summed E-state index contributed by atoms with van der Waals surface area (Å²) in [5.41, 5.74) is 0. The molecule has 4 atom stereocenters. The van der Waals surface area contributed by atoms with E-state index in [4.69, 9.17) is 18.9 Å². The molecule has 2 aliphatic heterocycles. The number of hydrogen-bond acceptors (Lipinski definition) is 4. The fourth-order valence-electron chi connectivity index (χ4n) is 1.95. The molecule has 2 saturated heterocycles. The van der Waals surface area contributed by atoms with E-state index >= 15 is 0 Å². The van der Waals surface area contributed by atoms with Crippen molar-refractivity contribution in [2.75, 3.05) is 7.11 Å². The third-order valence-corrected chi connectivity index (χ3v) is 2.48. The van der Waals surface area contributed by atoms with Crippen LogP contribution in [0.5, 0.6) is 0 Å². The van der Waals surface area contributed by atoms with Crippen LogP contribution in [0.15, 0.2) is 0 Å². The van der Waals surface area contributed by atoms with Gasteiger partial charge in [-0.05, 0) is 20.8 Å². The van der Waals surface area contributed by atoms with Crippen LogP contribution in [0.25, 0.3) is 0 Å². The van der Waals surface area contributed by atoms with E-state index in [9.17, 15) is 0 Å². The molecule has 0 aromatic heterocycles. The standard InChI is InChI=1S/C9H16O4/c1-5-6-7(8(10-4)11-5)13-9(2,3)12-6/h5-8H,1-4H3/t5-,6+,7-,8-/m1/s1. The van der Waals surface area contributed by atoms with E-state index < -0.39 is 5.79 Å². The predicted molar refractivity (Wildman–Crippen MR) is 45.2 cm³/mol. The van der Waals surface area contributed by atoms with Gasteiger partial charge >= 0.3 is 0 Å². The van der Waals surface area contributed by atoms with E-state index in [2.05, 4.69) is 0 Å². The molecule has 0 aromatic carbocycles. The predicted octanol–water partition coefficient (Wildman–Crippen LogP) is 0.898. The van der Waals surface area contributed by atoms with Gasteiger partial charge in [-0.15, -0.1) is 0 Å². The van der Waals surface area contributed by atoms with Gasteiger partial charge in [0.05, 0.1) is 6.10 Å². The monoisotopic (exact) mass is 188 g/mol. The fourth-order valence-corrected chi connectivity index (χ4v) is 1.95. The summed E-state index contributed by atoms with van der Waals surface area (Å²) < 4.78 is 22.0. The highest BCUT2D eigenvalue weighted by Gasteiger charge is 2.53. The Balaban J connectivity index is 2.12. The van der Waals surface area contributed by atoms with E-state index in [0.29, 0.717) is 0 Å². The molecule has 0 radical (unpaired) electrons. The number of fused-ring (bicyclic) bond motifs is 1. The lowest BCUT2D eigenvalue weighted by Crippen LogP contribution is -2.30. The summed E-state index contributed by atoms with van der Waals surface area (Å²) in [5.74, 6) is -0.510. The molecule has 4 nitrogen and oxygen atoms in total. The maximum atomic E-state index is 5.69. The first-order valence-corrected chi connectivity index (χ1v) is 4.57. The molecule has 4 heteroatoms. The molecule has 0 bridgehead atoms. The summed E-state index contributed by atoms with van der Waals surface area (Å²) in [6.45, 7) is 5.79. The number of hydrogen-bond donors (Lipinski definition) is 0. The Bertz CT molecular complexity index is 204. The third-order valence-electron chi connectivity index (χ3n) is 2.48. The lowest BCUT2D eigenvalue weighted by Gasteiger charge is -2.22. The van der Waals surface area contributed by atoms with Gasteiger partial charge in [-0.3, -0.25) is 0 Å². The Morgan fingerprint density at radius 3 is 2.38 bits per heavy atom. The molecule has 0 saturated carbocycles. The molecule has 0 unspecified atom stereocenters. The van der Waals surface area contributed by atoms with Crippen LogP contribution < -0.4 is 0 Å². The van der Waals surface area contributed by atoms with Crippen molar-refractivity contribution in [1.29, 1.82) is 0 Å². The summed E-state index contributed by atoms with van der Waals surface area (Å²) >= 11 is 0. The first-order valence-electron chi connectivity index (χ1n) is 4.57. The van der Waals surface area contributed by atoms with Crippen molar-refractivity contribution in [2.24, 2.45) is 0 Å². The minimum Gasteiger partial charge on any atom is -0.353 e. The number of rotatable bonds is 1. The van der Waals surface area contributed by atoms with Gasteiger partial charge in [0.1, 0.15) is 12.2 Å². The minimum atomic E-state index is -0.510. The van der Waals surface area contributed by atoms with Gasteiger partial charge in [0, 0.05) is 7.11 Å². The minimum absolute atomic E-state index is 0.0000463. The van der Waals surface area contributed by atoms with E-state index in [1.54, 1.807) is 7.11 Å². The SMILES string of the molecule is CO[C@@H]1O[C@H](C)[C@@H]2OC(C)(C)O[C@@H]12. The largest absolute Gasteiger partial charge is 0.353 e. The molecule has 0 spiro atoms. The van der Waals surface area contributed by atoms with Gasteiger partial charge in [0.2, 0.25) is 0 Å². The summed E-state index contributed by atoms with van der Waals surface area (Å²) in [4.78, 5) is 0. The second-order valence-corrected chi connectivity index (χ2v) is 4.01. The molecule has 13 heavy (non-hydrogen) atoms. The number of ether oxygens (including phenoxy) is 4. The first-order chi connectivity index (χ1) is 6.03. The summed E-state index contributed by atoms with van der Waals surface area (Å²) in [5, 5.41) is 0. The van der Waals surface area contributed by atoms with Crippen LogP contribution in [0.4, 0.5) is 0 Å². The second-order valence-electron chi connectivity index (χ2n) is 4.01. The average molecular weight is 188 g/mol. The van der Waals surface area contributed by atoms with Crippen LogP contribution in [0.3, 0.4) is 0 Å². The maximum absolute atomic E-state index is 5.69. The highest BCUT2D eigenvalue weighted by atomic mass is 16.8. The van der Waals surface area contributed by atoms with Crippen LogP contribution in [0.2, 0.25) is 0 Å². The highest BCUT2D eigenvalue weighted by Crippen LogP contribution is 2.38. The molecule has 0 aromatic rings. The second kappa shape index (κ2) is 2.92. The fraction of sp³-hybridized carbons (Fsp3) is 1.00. The van der Waals surface area contributed by atoms with Crippen molar-refractivity contribution >= 4 is 0 Å². The Morgan fingerprint density at radius 1 is 1.15 bits per heavy atom. The third kappa shape index (κ3) is 1.48. The van der Waals surface area contributed by atoms with Crippen molar-refractivity contribution < 1.29 is 18.9 Å². The highest BCUT2D eigenvalue weighted by molar-refractivity contribution is 4.93. The van der Waals surface area contributed by atoms with Crippen LogP contribution in [-0.2, 0) is 18.9 Å². The van der Waals surface area contributed by atoms with Crippen molar-refractivity contribution in [1.82, 2.24) is 0 Å². The molecule has 2 aliphatic rings. The van der Waals surface area contributed by atoms with Gasteiger partial charge in [-0.1, -0.05) is 0 Å². The average Bonchev–Trinajstić information content (AvgIpc) is 2.47. The molecule has 2 heterocycles. The molecule has 0 aliphatic carbocycles. The van der Waals surface area contributed by atoms with Crippen molar-refractivity contribution in [2.45, 2.75) is 51.2 Å². The Kier molecular flexibility index (Phi) is 2.11. The van der Waals surface area contributed by atoms with Gasteiger partial charge < -0.3 is 18.9 Å². The van der Waals surface area contributed by atoms with Crippen molar-refractivity contribution in [3.63, 3.8) is 0 Å². The normalized spacial score (nSPS) is 48.0. The molecule has 0 N–H and O–H groups in total. The Morgan fingerprint density at radius 2 is 1.77 bits per heavy atom. The topological polar surface area (TPSA) is 36.9 Å².